The summed E-state index contributed by atoms with van der Waals surface area (Å²) in [6.45, 7) is 0.764. The summed E-state index contributed by atoms with van der Waals surface area (Å²) >= 11 is 11.2. The minimum absolute atomic E-state index is 0.110. The number of nitrogens with one attached hydrogen (secondary N) is 1. The first-order chi connectivity index (χ1) is 6.22. The zero-order valence-corrected chi connectivity index (χ0v) is 8.31. The summed E-state index contributed by atoms with van der Waals surface area (Å²) in [7, 11) is 0. The number of hydrogen-bond acceptors (Lipinski definition) is 4. The number of hydrogen-bond donors (Lipinski definition) is 2. The van der Waals surface area contributed by atoms with Gasteiger partial charge in [0, 0.05) is 19.2 Å². The highest BCUT2D eigenvalue weighted by Gasteiger charge is 1.99. The molecule has 0 aromatic carbocycles. The molecule has 0 radical (unpaired) electrons. The first-order valence-corrected chi connectivity index (χ1v) is 4.53. The van der Waals surface area contributed by atoms with Crippen LogP contribution in [-0.2, 0) is 0 Å². The van der Waals surface area contributed by atoms with Crippen molar-refractivity contribution in [2.75, 3.05) is 18.5 Å². The highest BCUT2D eigenvalue weighted by Crippen LogP contribution is 2.13. The highest BCUT2D eigenvalue weighted by atomic mass is 35.5. The van der Waals surface area contributed by atoms with Crippen LogP contribution in [0.3, 0.4) is 0 Å². The van der Waals surface area contributed by atoms with E-state index in [1.54, 1.807) is 6.07 Å². The smallest absolute Gasteiger partial charge is 0.225 e. The van der Waals surface area contributed by atoms with Crippen LogP contribution in [0.1, 0.15) is 6.42 Å². The van der Waals surface area contributed by atoms with Crippen molar-refractivity contribution in [2.24, 2.45) is 0 Å². The molecule has 0 saturated heterocycles. The molecule has 1 aromatic heterocycles. The first kappa shape index (κ1) is 10.5. The third kappa shape index (κ3) is 3.76. The minimum Gasteiger partial charge on any atom is -0.396 e. The zero-order chi connectivity index (χ0) is 9.68. The van der Waals surface area contributed by atoms with Gasteiger partial charge in [-0.2, -0.15) is 0 Å². The maximum Gasteiger partial charge on any atom is 0.225 e. The van der Waals surface area contributed by atoms with Crippen LogP contribution in [0.25, 0.3) is 0 Å². The van der Waals surface area contributed by atoms with E-state index in [0.717, 1.165) is 0 Å². The van der Waals surface area contributed by atoms with Gasteiger partial charge in [-0.05, 0) is 18.0 Å². The van der Waals surface area contributed by atoms with Gasteiger partial charge in [-0.3, -0.25) is 0 Å². The summed E-state index contributed by atoms with van der Waals surface area (Å²) in [6.07, 6.45) is 0.652. The molecule has 0 fully saturated rings. The van der Waals surface area contributed by atoms with Crippen molar-refractivity contribution < 1.29 is 5.11 Å². The monoisotopic (exact) mass is 221 g/mol. The fraction of sp³-hybridized carbons (Fsp3) is 0.429. The largest absolute Gasteiger partial charge is 0.396 e. The number of rotatable bonds is 4. The summed E-state index contributed by atoms with van der Waals surface area (Å²) in [6, 6.07) is 1.57. The molecule has 13 heavy (non-hydrogen) atoms. The van der Waals surface area contributed by atoms with Gasteiger partial charge < -0.3 is 10.4 Å². The Labute approximate surface area is 85.9 Å². The van der Waals surface area contributed by atoms with E-state index in [4.69, 9.17) is 28.3 Å². The summed E-state index contributed by atoms with van der Waals surface area (Å²) in [5.41, 5.74) is 0. The van der Waals surface area contributed by atoms with E-state index in [1.165, 1.54) is 0 Å². The molecule has 4 nitrogen and oxygen atoms in total. The molecule has 0 saturated carbocycles. The van der Waals surface area contributed by atoms with E-state index >= 15 is 0 Å². The molecule has 6 heteroatoms. The molecule has 0 atom stereocenters. The zero-order valence-electron chi connectivity index (χ0n) is 6.80. The Kier molecular flexibility index (Phi) is 4.21. The summed E-state index contributed by atoms with van der Waals surface area (Å²) in [5.74, 6) is 0.568. The first-order valence-electron chi connectivity index (χ1n) is 3.77. The molecule has 2 N–H and O–H groups in total. The molecule has 1 aromatic rings. The topological polar surface area (TPSA) is 58.0 Å². The van der Waals surface area contributed by atoms with E-state index in [-0.39, 0.29) is 11.9 Å². The van der Waals surface area contributed by atoms with E-state index in [0.29, 0.717) is 23.9 Å². The fourth-order valence-electron chi connectivity index (χ4n) is 0.776. The van der Waals surface area contributed by atoms with E-state index < -0.39 is 0 Å². The summed E-state index contributed by atoms with van der Waals surface area (Å²) in [4.78, 5) is 7.58. The third-order valence-corrected chi connectivity index (χ3v) is 1.67. The Morgan fingerprint density at radius 2 is 2.15 bits per heavy atom. The van der Waals surface area contributed by atoms with Gasteiger partial charge in [0.25, 0.3) is 0 Å². The van der Waals surface area contributed by atoms with Crippen molar-refractivity contribution in [1.29, 1.82) is 0 Å². The molecule has 0 unspecified atom stereocenters. The van der Waals surface area contributed by atoms with Crippen molar-refractivity contribution in [3.05, 3.63) is 16.5 Å². The van der Waals surface area contributed by atoms with Crippen molar-refractivity contribution >= 4 is 29.0 Å². The van der Waals surface area contributed by atoms with Gasteiger partial charge >= 0.3 is 0 Å². The molecule has 0 aliphatic rings. The van der Waals surface area contributed by atoms with Crippen LogP contribution in [0.15, 0.2) is 6.07 Å². The number of halogens is 2. The molecule has 0 amide bonds. The van der Waals surface area contributed by atoms with Crippen LogP contribution < -0.4 is 5.32 Å². The standard InChI is InChI=1S/C7H9Cl2N3O/c8-5-4-6(10-2-1-3-13)12-7(9)11-5/h4,13H,1-3H2,(H,10,11,12). The van der Waals surface area contributed by atoms with Crippen LogP contribution in [0.2, 0.25) is 10.4 Å². The van der Waals surface area contributed by atoms with E-state index in [2.05, 4.69) is 15.3 Å². The number of aliphatic hydroxyl groups is 1. The lowest BCUT2D eigenvalue weighted by Crippen LogP contribution is -2.05. The van der Waals surface area contributed by atoms with Gasteiger partial charge in [0.05, 0.1) is 0 Å². The van der Waals surface area contributed by atoms with Gasteiger partial charge in [0.2, 0.25) is 5.28 Å². The predicted molar refractivity (Wildman–Crippen MR) is 52.2 cm³/mol. The second-order valence-corrected chi connectivity index (χ2v) is 3.07. The molecule has 0 spiro atoms. The SMILES string of the molecule is OCCCNc1cc(Cl)nc(Cl)n1. The van der Waals surface area contributed by atoms with Crippen LogP contribution in [0, 0.1) is 0 Å². The van der Waals surface area contributed by atoms with Gasteiger partial charge in [0.1, 0.15) is 11.0 Å². The minimum atomic E-state index is 0.110. The van der Waals surface area contributed by atoms with Crippen LogP contribution >= 0.6 is 23.2 Å². The Balaban J connectivity index is 2.56. The molecule has 1 rings (SSSR count). The predicted octanol–water partition coefficient (Wildman–Crippen LogP) is 1.58. The fourth-order valence-corrected chi connectivity index (χ4v) is 1.18. The van der Waals surface area contributed by atoms with Crippen molar-refractivity contribution in [1.82, 2.24) is 9.97 Å². The lowest BCUT2D eigenvalue weighted by atomic mass is 10.4. The van der Waals surface area contributed by atoms with E-state index in [1.807, 2.05) is 0 Å². The van der Waals surface area contributed by atoms with Gasteiger partial charge in [-0.1, -0.05) is 11.6 Å². The summed E-state index contributed by atoms with van der Waals surface area (Å²) in [5, 5.41) is 11.9. The maximum absolute atomic E-state index is 8.53. The van der Waals surface area contributed by atoms with Crippen molar-refractivity contribution in [2.45, 2.75) is 6.42 Å². The highest BCUT2D eigenvalue weighted by molar-refractivity contribution is 6.32. The molecule has 72 valence electrons. The van der Waals surface area contributed by atoms with E-state index in [9.17, 15) is 0 Å². The average molecular weight is 222 g/mol. The number of aromatic nitrogens is 2. The van der Waals surface area contributed by atoms with Crippen LogP contribution in [0.4, 0.5) is 5.82 Å². The second kappa shape index (κ2) is 5.21. The molecule has 0 aliphatic carbocycles. The Bertz CT molecular complexity index is 262. The van der Waals surface area contributed by atoms with Gasteiger partial charge in [0.15, 0.2) is 0 Å². The van der Waals surface area contributed by atoms with Crippen molar-refractivity contribution in [3.63, 3.8) is 0 Å². The number of nitrogens with zero attached hydrogens (tertiary/aromatic N) is 2. The van der Waals surface area contributed by atoms with Crippen LogP contribution in [-0.4, -0.2) is 28.2 Å². The number of aliphatic hydroxyl groups excluding tert-OH is 1. The second-order valence-electron chi connectivity index (χ2n) is 2.35. The van der Waals surface area contributed by atoms with Gasteiger partial charge in [-0.15, -0.1) is 0 Å². The molecular weight excluding hydrogens is 213 g/mol. The Morgan fingerprint density at radius 1 is 1.38 bits per heavy atom. The maximum atomic E-state index is 8.53. The third-order valence-electron chi connectivity index (χ3n) is 1.31. The average Bonchev–Trinajstić information content (AvgIpc) is 2.03. The molecular formula is C7H9Cl2N3O. The quantitative estimate of drug-likeness (QED) is 0.461. The molecule has 1 heterocycles. The lowest BCUT2D eigenvalue weighted by molar-refractivity contribution is 0.292. The summed E-state index contributed by atoms with van der Waals surface area (Å²) < 4.78 is 0. The van der Waals surface area contributed by atoms with Crippen LogP contribution in [0.5, 0.6) is 0 Å². The normalized spacial score (nSPS) is 10.1. The molecule has 0 aliphatic heterocycles. The number of anilines is 1. The Morgan fingerprint density at radius 3 is 2.77 bits per heavy atom. The van der Waals surface area contributed by atoms with Crippen molar-refractivity contribution in [3.8, 4) is 0 Å². The molecule has 0 bridgehead atoms. The van der Waals surface area contributed by atoms with Gasteiger partial charge in [-0.25, -0.2) is 9.97 Å². The lowest BCUT2D eigenvalue weighted by Gasteiger charge is -2.03. The Hall–Kier alpha value is -0.580.